The minimum Gasteiger partial charge on any atom is -0.469 e. The van der Waals surface area contributed by atoms with Crippen molar-refractivity contribution in [1.29, 1.82) is 0 Å². The quantitative estimate of drug-likeness (QED) is 0.628. The number of hydrogen-bond donors (Lipinski definition) is 0. The van der Waals surface area contributed by atoms with E-state index < -0.39 is 29.6 Å². The van der Waals surface area contributed by atoms with Crippen LogP contribution in [-0.2, 0) is 0 Å². The molecule has 0 atom stereocenters. The van der Waals surface area contributed by atoms with Crippen molar-refractivity contribution >= 4 is 11.6 Å². The van der Waals surface area contributed by atoms with Gasteiger partial charge in [-0.25, -0.2) is 8.78 Å². The smallest absolute Gasteiger partial charge is 0.174 e. The van der Waals surface area contributed by atoms with Gasteiger partial charge in [-0.15, -0.1) is 0 Å². The molecule has 0 N–H and O–H groups in total. The van der Waals surface area contributed by atoms with Gasteiger partial charge in [-0.3, -0.25) is 9.59 Å². The molecule has 1 aromatic carbocycles. The summed E-state index contributed by atoms with van der Waals surface area (Å²) in [5.74, 6) is -2.49. The highest BCUT2D eigenvalue weighted by Crippen LogP contribution is 2.16. The first-order chi connectivity index (χ1) is 8.99. The number of aryl methyl sites for hydroxylation is 1. The van der Waals surface area contributed by atoms with Crippen LogP contribution in [0.1, 0.15) is 32.9 Å². The van der Waals surface area contributed by atoms with E-state index in [9.17, 15) is 18.4 Å². The number of carbonyl (C=O) groups is 2. The Bertz CT molecular complexity index is 644. The molecule has 2 aromatic rings. The monoisotopic (exact) mass is 264 g/mol. The molecule has 0 amide bonds. The number of ketones is 2. The predicted octanol–water partition coefficient (Wildman–Crippen LogP) is 3.32. The summed E-state index contributed by atoms with van der Waals surface area (Å²) in [6.07, 6.45) is 0.856. The molecule has 0 aliphatic carbocycles. The Kier molecular flexibility index (Phi) is 3.55. The van der Waals surface area contributed by atoms with E-state index in [1.807, 2.05) is 0 Å². The zero-order valence-electron chi connectivity index (χ0n) is 10.1. The van der Waals surface area contributed by atoms with Crippen LogP contribution in [0.25, 0.3) is 0 Å². The second kappa shape index (κ2) is 5.14. The van der Waals surface area contributed by atoms with Gasteiger partial charge in [0.15, 0.2) is 11.6 Å². The van der Waals surface area contributed by atoms with Gasteiger partial charge in [-0.2, -0.15) is 0 Å². The van der Waals surface area contributed by atoms with Gasteiger partial charge in [0.1, 0.15) is 17.4 Å². The minimum atomic E-state index is -0.971. The lowest BCUT2D eigenvalue weighted by molar-refractivity contribution is 0.0891. The summed E-state index contributed by atoms with van der Waals surface area (Å²) < 4.78 is 31.1. The largest absolute Gasteiger partial charge is 0.469 e. The van der Waals surface area contributed by atoms with Crippen LogP contribution >= 0.6 is 0 Å². The van der Waals surface area contributed by atoms with Gasteiger partial charge < -0.3 is 4.42 Å². The first-order valence-electron chi connectivity index (χ1n) is 5.54. The van der Waals surface area contributed by atoms with Crippen molar-refractivity contribution in [2.45, 2.75) is 13.3 Å². The molecule has 0 radical (unpaired) electrons. The van der Waals surface area contributed by atoms with E-state index in [1.54, 1.807) is 6.92 Å². The van der Waals surface area contributed by atoms with Gasteiger partial charge in [-0.05, 0) is 25.1 Å². The van der Waals surface area contributed by atoms with Gasteiger partial charge >= 0.3 is 0 Å². The van der Waals surface area contributed by atoms with Crippen molar-refractivity contribution in [1.82, 2.24) is 0 Å². The van der Waals surface area contributed by atoms with E-state index >= 15 is 0 Å². The molecule has 3 nitrogen and oxygen atoms in total. The maximum Gasteiger partial charge on any atom is 0.174 e. The van der Waals surface area contributed by atoms with E-state index in [4.69, 9.17) is 4.42 Å². The summed E-state index contributed by atoms with van der Waals surface area (Å²) in [7, 11) is 0. The van der Waals surface area contributed by atoms with Gasteiger partial charge in [-0.1, -0.05) is 0 Å². The minimum absolute atomic E-state index is 0.288. The lowest BCUT2D eigenvalue weighted by Gasteiger charge is -2.02. The molecule has 19 heavy (non-hydrogen) atoms. The molecule has 0 spiro atoms. The maximum absolute atomic E-state index is 13.4. The number of hydrogen-bond acceptors (Lipinski definition) is 3. The van der Waals surface area contributed by atoms with E-state index in [2.05, 4.69) is 0 Å². The lowest BCUT2D eigenvalue weighted by atomic mass is 10.0. The van der Waals surface area contributed by atoms with Crippen LogP contribution in [0.2, 0.25) is 0 Å². The fourth-order valence-corrected chi connectivity index (χ4v) is 1.73. The van der Waals surface area contributed by atoms with Crippen LogP contribution < -0.4 is 0 Å². The number of rotatable bonds is 4. The number of halogens is 2. The Hall–Kier alpha value is -2.30. The molecule has 5 heteroatoms. The Morgan fingerprint density at radius 3 is 2.37 bits per heavy atom. The molecule has 0 saturated carbocycles. The SMILES string of the molecule is Cc1occc1C(=O)CC(=O)c1ccc(F)cc1F. The van der Waals surface area contributed by atoms with Gasteiger partial charge in [0.2, 0.25) is 0 Å². The number of Topliss-reactive ketones (excluding diaryl/α,β-unsaturated/α-hetero) is 2. The summed E-state index contributed by atoms with van der Waals surface area (Å²) in [5.41, 5.74) is -0.00762. The van der Waals surface area contributed by atoms with Gasteiger partial charge in [0.25, 0.3) is 0 Å². The third-order valence-corrected chi connectivity index (χ3v) is 2.71. The predicted molar refractivity (Wildman–Crippen MR) is 63.1 cm³/mol. The average molecular weight is 264 g/mol. The summed E-state index contributed by atoms with van der Waals surface area (Å²) in [6.45, 7) is 1.59. The van der Waals surface area contributed by atoms with Crippen LogP contribution in [0.15, 0.2) is 34.9 Å². The van der Waals surface area contributed by atoms with Crippen molar-refractivity contribution < 1.29 is 22.8 Å². The van der Waals surface area contributed by atoms with Crippen molar-refractivity contribution in [3.8, 4) is 0 Å². The van der Waals surface area contributed by atoms with Gasteiger partial charge in [0, 0.05) is 6.07 Å². The molecule has 2 rings (SSSR count). The van der Waals surface area contributed by atoms with Crippen LogP contribution in [0, 0.1) is 18.6 Å². The molecule has 1 heterocycles. The van der Waals surface area contributed by atoms with E-state index in [1.165, 1.54) is 12.3 Å². The third-order valence-electron chi connectivity index (χ3n) is 2.71. The van der Waals surface area contributed by atoms with E-state index in [0.717, 1.165) is 12.1 Å². The van der Waals surface area contributed by atoms with E-state index in [-0.39, 0.29) is 11.1 Å². The Morgan fingerprint density at radius 1 is 1.11 bits per heavy atom. The van der Waals surface area contributed by atoms with E-state index in [0.29, 0.717) is 11.8 Å². The van der Waals surface area contributed by atoms with Crippen molar-refractivity contribution in [3.05, 3.63) is 59.1 Å². The summed E-state index contributed by atoms with van der Waals surface area (Å²) >= 11 is 0. The lowest BCUT2D eigenvalue weighted by Crippen LogP contribution is -2.10. The number of benzene rings is 1. The highest BCUT2D eigenvalue weighted by molar-refractivity contribution is 6.13. The van der Waals surface area contributed by atoms with Crippen LogP contribution in [-0.4, -0.2) is 11.6 Å². The first kappa shape index (κ1) is 13.1. The standard InChI is InChI=1S/C14H10F2O3/c1-8-10(4-5-19-8)13(17)7-14(18)11-3-2-9(15)6-12(11)16/h2-6H,7H2,1H3. The zero-order valence-corrected chi connectivity index (χ0v) is 10.1. The van der Waals surface area contributed by atoms with Crippen LogP contribution in [0.5, 0.6) is 0 Å². The fourth-order valence-electron chi connectivity index (χ4n) is 1.73. The highest BCUT2D eigenvalue weighted by atomic mass is 19.1. The third kappa shape index (κ3) is 2.76. The summed E-state index contributed by atoms with van der Waals surface area (Å²) in [5, 5.41) is 0. The topological polar surface area (TPSA) is 47.3 Å². The molecular formula is C14H10F2O3. The first-order valence-corrected chi connectivity index (χ1v) is 5.54. The van der Waals surface area contributed by atoms with Crippen LogP contribution in [0.3, 0.4) is 0 Å². The fraction of sp³-hybridized carbons (Fsp3) is 0.143. The summed E-state index contributed by atoms with van der Waals surface area (Å²) in [6, 6.07) is 4.07. The Balaban J connectivity index is 2.18. The number of carbonyl (C=O) groups excluding carboxylic acids is 2. The second-order valence-electron chi connectivity index (χ2n) is 4.04. The maximum atomic E-state index is 13.4. The second-order valence-corrected chi connectivity index (χ2v) is 4.04. The molecule has 98 valence electrons. The molecule has 0 fully saturated rings. The average Bonchev–Trinajstić information content (AvgIpc) is 2.75. The molecule has 0 bridgehead atoms. The van der Waals surface area contributed by atoms with Crippen molar-refractivity contribution in [2.75, 3.05) is 0 Å². The highest BCUT2D eigenvalue weighted by Gasteiger charge is 2.19. The molecular weight excluding hydrogens is 254 g/mol. The molecule has 1 aromatic heterocycles. The number of furan rings is 1. The zero-order chi connectivity index (χ0) is 14.0. The molecule has 0 unspecified atom stereocenters. The molecule has 0 aliphatic heterocycles. The molecule has 0 aliphatic rings. The van der Waals surface area contributed by atoms with Gasteiger partial charge in [0.05, 0.1) is 23.8 Å². The normalized spacial score (nSPS) is 10.5. The van der Waals surface area contributed by atoms with Crippen LogP contribution in [0.4, 0.5) is 8.78 Å². The Morgan fingerprint density at radius 2 is 1.79 bits per heavy atom. The molecule has 0 saturated heterocycles. The Labute approximate surface area is 107 Å². The van der Waals surface area contributed by atoms with Crippen molar-refractivity contribution in [2.24, 2.45) is 0 Å². The van der Waals surface area contributed by atoms with Crippen molar-refractivity contribution in [3.63, 3.8) is 0 Å². The summed E-state index contributed by atoms with van der Waals surface area (Å²) in [4.78, 5) is 23.6.